The Kier molecular flexibility index (Phi) is 5.62. The molecule has 0 saturated heterocycles. The van der Waals surface area contributed by atoms with Gasteiger partial charge in [0.2, 0.25) is 0 Å². The Bertz CT molecular complexity index is 540. The number of aliphatic hydroxyl groups excluding tert-OH is 1. The molecule has 0 radical (unpaired) electrons. The van der Waals surface area contributed by atoms with Crippen molar-refractivity contribution in [3.8, 4) is 23.8 Å². The second-order valence-electron chi connectivity index (χ2n) is 5.60. The molecule has 1 aromatic carbocycles. The fraction of sp³-hybridized carbons (Fsp3) is 0.438. The van der Waals surface area contributed by atoms with Gasteiger partial charge in [-0.3, -0.25) is 4.79 Å². The molecule has 1 amide bonds. The number of hydrogen-bond donors (Lipinski definition) is 2. The number of aliphatic hydroxyl groups is 1. The average Bonchev–Trinajstić information content (AvgIpc) is 2.43. The molecule has 1 rings (SSSR count). The third-order valence-corrected chi connectivity index (χ3v) is 2.82. The second-order valence-corrected chi connectivity index (χ2v) is 5.60. The van der Waals surface area contributed by atoms with E-state index in [0.29, 0.717) is 17.1 Å². The van der Waals surface area contributed by atoms with Gasteiger partial charge in [-0.05, 0) is 18.2 Å². The number of methoxy groups -OCH3 is 1. The summed E-state index contributed by atoms with van der Waals surface area (Å²) in [6.07, 6.45) is 4.18. The van der Waals surface area contributed by atoms with Crippen LogP contribution in [0.15, 0.2) is 18.2 Å². The lowest BCUT2D eigenvalue weighted by molar-refractivity contribution is 0.0301. The molecule has 0 spiro atoms. The Morgan fingerprint density at radius 1 is 1.43 bits per heavy atom. The molecule has 0 fully saturated rings. The van der Waals surface area contributed by atoms with Crippen molar-refractivity contribution in [3.63, 3.8) is 0 Å². The zero-order valence-corrected chi connectivity index (χ0v) is 12.8. The van der Waals surface area contributed by atoms with E-state index in [-0.39, 0.29) is 12.5 Å². The van der Waals surface area contributed by atoms with Gasteiger partial charge in [-0.2, -0.15) is 0 Å². The molecule has 5 nitrogen and oxygen atoms in total. The first-order valence-electron chi connectivity index (χ1n) is 6.53. The standard InChI is InChI=1S/C16H21NO4/c1-6-9-21-12-8-7-11(10-13(12)20-5)14(18)17-15(19)16(2,3)4/h1,7-8,10,15,19H,9H2,2-5H3,(H,17,18)/t15-/m1/s1. The molecule has 2 N–H and O–H groups in total. The van der Waals surface area contributed by atoms with Crippen LogP contribution in [0.5, 0.6) is 11.5 Å². The monoisotopic (exact) mass is 291 g/mol. The van der Waals surface area contributed by atoms with Crippen molar-refractivity contribution < 1.29 is 19.4 Å². The Balaban J connectivity index is 2.89. The molecule has 1 atom stereocenters. The molecule has 0 unspecified atom stereocenters. The van der Waals surface area contributed by atoms with Gasteiger partial charge in [-0.1, -0.05) is 26.7 Å². The van der Waals surface area contributed by atoms with Gasteiger partial charge in [0.05, 0.1) is 7.11 Å². The van der Waals surface area contributed by atoms with Gasteiger partial charge in [0.15, 0.2) is 11.5 Å². The number of carbonyl (C=O) groups excluding carboxylic acids is 1. The van der Waals surface area contributed by atoms with Crippen molar-refractivity contribution in [2.75, 3.05) is 13.7 Å². The van der Waals surface area contributed by atoms with Crippen molar-refractivity contribution >= 4 is 5.91 Å². The predicted molar refractivity (Wildman–Crippen MR) is 80.3 cm³/mol. The molecule has 0 heterocycles. The molecule has 0 bridgehead atoms. The molecule has 0 saturated carbocycles. The first-order valence-corrected chi connectivity index (χ1v) is 6.53. The van der Waals surface area contributed by atoms with Crippen LogP contribution in [0.25, 0.3) is 0 Å². The maximum absolute atomic E-state index is 12.1. The third kappa shape index (κ3) is 4.69. The highest BCUT2D eigenvalue weighted by molar-refractivity contribution is 5.95. The summed E-state index contributed by atoms with van der Waals surface area (Å²) in [5, 5.41) is 12.4. The van der Waals surface area contributed by atoms with Gasteiger partial charge in [0.1, 0.15) is 12.8 Å². The molecular formula is C16H21NO4. The van der Waals surface area contributed by atoms with Crippen molar-refractivity contribution in [2.45, 2.75) is 27.0 Å². The van der Waals surface area contributed by atoms with Gasteiger partial charge >= 0.3 is 0 Å². The van der Waals surface area contributed by atoms with E-state index in [1.807, 2.05) is 20.8 Å². The molecule has 0 aliphatic heterocycles. The number of rotatable bonds is 5. The van der Waals surface area contributed by atoms with E-state index in [2.05, 4.69) is 11.2 Å². The number of amides is 1. The number of nitrogens with one attached hydrogen (secondary N) is 1. The van der Waals surface area contributed by atoms with Crippen LogP contribution in [0, 0.1) is 17.8 Å². The van der Waals surface area contributed by atoms with Crippen LogP contribution in [0.4, 0.5) is 0 Å². The molecule has 21 heavy (non-hydrogen) atoms. The summed E-state index contributed by atoms with van der Waals surface area (Å²) in [6, 6.07) is 4.73. The molecule has 114 valence electrons. The van der Waals surface area contributed by atoms with E-state index < -0.39 is 11.6 Å². The first kappa shape index (κ1) is 16.9. The third-order valence-electron chi connectivity index (χ3n) is 2.82. The van der Waals surface area contributed by atoms with E-state index >= 15 is 0 Å². The highest BCUT2D eigenvalue weighted by Gasteiger charge is 2.24. The Hall–Kier alpha value is -2.19. The van der Waals surface area contributed by atoms with E-state index in [1.165, 1.54) is 13.2 Å². The summed E-state index contributed by atoms with van der Waals surface area (Å²) in [5.41, 5.74) is -0.0847. The van der Waals surface area contributed by atoms with Crippen LogP contribution in [-0.2, 0) is 0 Å². The summed E-state index contributed by atoms with van der Waals surface area (Å²) in [5.74, 6) is 2.84. The summed E-state index contributed by atoms with van der Waals surface area (Å²) >= 11 is 0. The van der Waals surface area contributed by atoms with Crippen molar-refractivity contribution in [2.24, 2.45) is 5.41 Å². The minimum absolute atomic E-state index is 0.116. The lowest BCUT2D eigenvalue weighted by atomic mass is 9.94. The largest absolute Gasteiger partial charge is 0.493 e. The van der Waals surface area contributed by atoms with Crippen LogP contribution in [0.2, 0.25) is 0 Å². The Labute approximate surface area is 125 Å². The average molecular weight is 291 g/mol. The van der Waals surface area contributed by atoms with Crippen molar-refractivity contribution in [3.05, 3.63) is 23.8 Å². The van der Waals surface area contributed by atoms with Crippen LogP contribution in [-0.4, -0.2) is 31.0 Å². The number of hydrogen-bond acceptors (Lipinski definition) is 4. The van der Waals surface area contributed by atoms with Gasteiger partial charge in [0.25, 0.3) is 5.91 Å². The highest BCUT2D eigenvalue weighted by Crippen LogP contribution is 2.28. The van der Waals surface area contributed by atoms with Crippen LogP contribution < -0.4 is 14.8 Å². The summed E-state index contributed by atoms with van der Waals surface area (Å²) in [7, 11) is 1.48. The second kappa shape index (κ2) is 7.00. The molecule has 0 aliphatic carbocycles. The number of carbonyl (C=O) groups is 1. The van der Waals surface area contributed by atoms with Gasteiger partial charge in [-0.15, -0.1) is 6.42 Å². The van der Waals surface area contributed by atoms with Crippen LogP contribution >= 0.6 is 0 Å². The normalized spacial score (nSPS) is 12.2. The highest BCUT2D eigenvalue weighted by atomic mass is 16.5. The molecule has 1 aromatic rings. The molecule has 0 aromatic heterocycles. The minimum atomic E-state index is -0.951. The SMILES string of the molecule is C#CCOc1ccc(C(=O)N[C@H](O)C(C)(C)C)cc1OC. The Morgan fingerprint density at radius 3 is 2.62 bits per heavy atom. The van der Waals surface area contributed by atoms with Gasteiger partial charge in [0, 0.05) is 11.0 Å². The van der Waals surface area contributed by atoms with E-state index in [0.717, 1.165) is 0 Å². The van der Waals surface area contributed by atoms with E-state index in [9.17, 15) is 9.90 Å². The van der Waals surface area contributed by atoms with Crippen molar-refractivity contribution in [1.82, 2.24) is 5.32 Å². The molecule has 0 aliphatic rings. The van der Waals surface area contributed by atoms with E-state index in [4.69, 9.17) is 15.9 Å². The summed E-state index contributed by atoms with van der Waals surface area (Å²) < 4.78 is 10.5. The maximum atomic E-state index is 12.1. The lowest BCUT2D eigenvalue weighted by Crippen LogP contribution is -2.43. The topological polar surface area (TPSA) is 67.8 Å². The number of benzene rings is 1. The molecule has 5 heteroatoms. The van der Waals surface area contributed by atoms with Crippen LogP contribution in [0.1, 0.15) is 31.1 Å². The first-order chi connectivity index (χ1) is 9.79. The number of ether oxygens (including phenoxy) is 2. The van der Waals surface area contributed by atoms with Gasteiger partial charge < -0.3 is 19.9 Å². The van der Waals surface area contributed by atoms with E-state index in [1.54, 1.807) is 12.1 Å². The quantitative estimate of drug-likeness (QED) is 0.641. The number of terminal acetylenes is 1. The maximum Gasteiger partial charge on any atom is 0.253 e. The fourth-order valence-electron chi connectivity index (χ4n) is 1.47. The zero-order valence-electron chi connectivity index (χ0n) is 12.8. The van der Waals surface area contributed by atoms with Crippen LogP contribution in [0.3, 0.4) is 0 Å². The Morgan fingerprint density at radius 2 is 2.10 bits per heavy atom. The summed E-state index contributed by atoms with van der Waals surface area (Å²) in [6.45, 7) is 5.60. The molecular weight excluding hydrogens is 270 g/mol. The smallest absolute Gasteiger partial charge is 0.253 e. The van der Waals surface area contributed by atoms with Crippen molar-refractivity contribution in [1.29, 1.82) is 0 Å². The minimum Gasteiger partial charge on any atom is -0.493 e. The summed E-state index contributed by atoms with van der Waals surface area (Å²) in [4.78, 5) is 12.1. The fourth-order valence-corrected chi connectivity index (χ4v) is 1.47. The zero-order chi connectivity index (χ0) is 16.0. The predicted octanol–water partition coefficient (Wildman–Crippen LogP) is 1.80. The lowest BCUT2D eigenvalue weighted by Gasteiger charge is -2.26. The van der Waals surface area contributed by atoms with Gasteiger partial charge in [-0.25, -0.2) is 0 Å².